The van der Waals surface area contributed by atoms with E-state index in [0.29, 0.717) is 18.1 Å². The molecule has 0 saturated carbocycles. The normalized spacial score (nSPS) is 14.7. The average molecular weight is 499 g/mol. The molecule has 0 bridgehead atoms. The van der Waals surface area contributed by atoms with Gasteiger partial charge in [0.2, 0.25) is 15.9 Å². The molecule has 35 heavy (non-hydrogen) atoms. The third-order valence-corrected chi connectivity index (χ3v) is 8.09. The van der Waals surface area contributed by atoms with E-state index in [2.05, 4.69) is 4.98 Å². The quantitative estimate of drug-likeness (QED) is 0.361. The molecule has 0 radical (unpaired) electrons. The zero-order valence-corrected chi connectivity index (χ0v) is 20.3. The van der Waals surface area contributed by atoms with Gasteiger partial charge in [-0.25, -0.2) is 13.4 Å². The summed E-state index contributed by atoms with van der Waals surface area (Å²) in [7, 11) is -3.79. The second kappa shape index (κ2) is 9.96. The van der Waals surface area contributed by atoms with Crippen LogP contribution >= 0.6 is 0 Å². The molecule has 10 nitrogen and oxygen atoms in total. The number of benzene rings is 2. The highest BCUT2D eigenvalue weighted by atomic mass is 32.2. The van der Waals surface area contributed by atoms with Crippen LogP contribution in [0, 0.1) is 24.0 Å². The molecule has 1 aliphatic rings. The van der Waals surface area contributed by atoms with Crippen LogP contribution in [0.5, 0.6) is 0 Å². The molecule has 1 amide bonds. The smallest absolute Gasteiger partial charge is 0.269 e. The molecule has 0 spiro atoms. The van der Waals surface area contributed by atoms with E-state index in [4.69, 9.17) is 4.42 Å². The van der Waals surface area contributed by atoms with Gasteiger partial charge in [0.15, 0.2) is 11.7 Å². The van der Waals surface area contributed by atoms with Crippen molar-refractivity contribution in [1.82, 2.24) is 14.2 Å². The van der Waals surface area contributed by atoms with Crippen LogP contribution in [0.3, 0.4) is 0 Å². The third kappa shape index (κ3) is 5.41. The Bertz CT molecular complexity index is 1340. The summed E-state index contributed by atoms with van der Waals surface area (Å²) in [5, 5.41) is 10.8. The van der Waals surface area contributed by atoms with Crippen molar-refractivity contribution in [3.63, 3.8) is 0 Å². The number of sulfonamides is 1. The van der Waals surface area contributed by atoms with E-state index in [1.807, 2.05) is 32.0 Å². The maximum absolute atomic E-state index is 12.8. The molecule has 1 saturated heterocycles. The van der Waals surface area contributed by atoms with Gasteiger partial charge >= 0.3 is 0 Å². The zero-order valence-electron chi connectivity index (χ0n) is 19.5. The van der Waals surface area contributed by atoms with E-state index < -0.39 is 14.9 Å². The van der Waals surface area contributed by atoms with Crippen molar-refractivity contribution in [3.8, 4) is 11.3 Å². The number of nitro benzene ring substituents is 1. The van der Waals surface area contributed by atoms with Crippen LogP contribution in [-0.4, -0.2) is 59.6 Å². The lowest BCUT2D eigenvalue weighted by molar-refractivity contribution is -0.384. The minimum Gasteiger partial charge on any atom is -0.441 e. The number of amides is 1. The highest BCUT2D eigenvalue weighted by Gasteiger charge is 2.30. The minimum absolute atomic E-state index is 0.00801. The highest BCUT2D eigenvalue weighted by molar-refractivity contribution is 7.89. The summed E-state index contributed by atoms with van der Waals surface area (Å²) < 4.78 is 32.8. The SMILES string of the molecule is Cc1ccc(-c2cnc(CCC(=O)N3CCN(S(=O)(=O)c4ccc([N+](=O)[O-])cc4)CC3)o2)cc1C. The van der Waals surface area contributed by atoms with E-state index in [0.717, 1.165) is 11.1 Å². The number of aryl methyl sites for hydroxylation is 3. The topological polar surface area (TPSA) is 127 Å². The van der Waals surface area contributed by atoms with Gasteiger partial charge in [-0.1, -0.05) is 12.1 Å². The number of carbonyl (C=O) groups is 1. The first-order chi connectivity index (χ1) is 16.6. The molecule has 0 aliphatic carbocycles. The molecule has 4 rings (SSSR count). The van der Waals surface area contributed by atoms with E-state index in [1.54, 1.807) is 11.1 Å². The Hall–Kier alpha value is -3.57. The van der Waals surface area contributed by atoms with Crippen LogP contribution in [0.15, 0.2) is 58.0 Å². The summed E-state index contributed by atoms with van der Waals surface area (Å²) >= 11 is 0. The monoisotopic (exact) mass is 498 g/mol. The van der Waals surface area contributed by atoms with Gasteiger partial charge in [-0.15, -0.1) is 0 Å². The lowest BCUT2D eigenvalue weighted by Crippen LogP contribution is -2.50. The number of piperazine rings is 1. The lowest BCUT2D eigenvalue weighted by Gasteiger charge is -2.34. The molecule has 0 unspecified atom stereocenters. The predicted octanol–water partition coefficient (Wildman–Crippen LogP) is 3.33. The second-order valence-electron chi connectivity index (χ2n) is 8.45. The van der Waals surface area contributed by atoms with Gasteiger partial charge < -0.3 is 9.32 Å². The maximum atomic E-state index is 12.8. The van der Waals surface area contributed by atoms with Crippen molar-refractivity contribution >= 4 is 21.6 Å². The number of non-ortho nitro benzene ring substituents is 1. The van der Waals surface area contributed by atoms with Crippen molar-refractivity contribution in [2.75, 3.05) is 26.2 Å². The Kier molecular flexibility index (Phi) is 6.99. The van der Waals surface area contributed by atoms with E-state index in [9.17, 15) is 23.3 Å². The van der Waals surface area contributed by atoms with Gasteiger partial charge in [-0.05, 0) is 43.2 Å². The van der Waals surface area contributed by atoms with Gasteiger partial charge in [0.25, 0.3) is 5.69 Å². The van der Waals surface area contributed by atoms with Crippen molar-refractivity contribution in [2.24, 2.45) is 0 Å². The van der Waals surface area contributed by atoms with Gasteiger partial charge in [-0.2, -0.15) is 4.31 Å². The standard InChI is InChI=1S/C24H26N4O6S/c1-17-3-4-19(15-18(17)2)22-16-25-23(34-22)9-10-24(29)26-11-13-27(14-12-26)35(32,33)21-7-5-20(6-8-21)28(30)31/h3-8,15-16H,9-14H2,1-2H3. The zero-order chi connectivity index (χ0) is 25.2. The average Bonchev–Trinajstić information content (AvgIpc) is 3.33. The van der Waals surface area contributed by atoms with Gasteiger partial charge in [0.1, 0.15) is 0 Å². The number of hydrogen-bond acceptors (Lipinski definition) is 7. The second-order valence-corrected chi connectivity index (χ2v) is 10.4. The lowest BCUT2D eigenvalue weighted by atomic mass is 10.1. The summed E-state index contributed by atoms with van der Waals surface area (Å²) in [6, 6.07) is 10.8. The molecular formula is C24H26N4O6S. The number of hydrogen-bond donors (Lipinski definition) is 0. The van der Waals surface area contributed by atoms with Crippen molar-refractivity contribution < 1.29 is 22.6 Å². The van der Waals surface area contributed by atoms with Crippen LogP contribution in [0.2, 0.25) is 0 Å². The third-order valence-electron chi connectivity index (χ3n) is 6.17. The molecule has 184 valence electrons. The largest absolute Gasteiger partial charge is 0.441 e. The Morgan fingerprint density at radius 1 is 1.06 bits per heavy atom. The van der Waals surface area contributed by atoms with E-state index in [-0.39, 0.29) is 49.1 Å². The van der Waals surface area contributed by atoms with E-state index in [1.165, 1.54) is 34.1 Å². The Balaban J connectivity index is 1.30. The van der Waals surface area contributed by atoms with E-state index >= 15 is 0 Å². The van der Waals surface area contributed by atoms with Crippen LogP contribution in [0.1, 0.15) is 23.4 Å². The van der Waals surface area contributed by atoms with Crippen LogP contribution in [-0.2, 0) is 21.2 Å². The molecule has 0 atom stereocenters. The van der Waals surface area contributed by atoms with Crippen molar-refractivity contribution in [1.29, 1.82) is 0 Å². The first-order valence-electron chi connectivity index (χ1n) is 11.2. The fourth-order valence-electron chi connectivity index (χ4n) is 3.89. The number of rotatable bonds is 7. The van der Waals surface area contributed by atoms with Crippen LogP contribution < -0.4 is 0 Å². The maximum Gasteiger partial charge on any atom is 0.269 e. The number of nitrogens with zero attached hydrogens (tertiary/aromatic N) is 4. The molecule has 3 aromatic rings. The Morgan fingerprint density at radius 3 is 2.37 bits per heavy atom. The summed E-state index contributed by atoms with van der Waals surface area (Å²) in [5.41, 5.74) is 3.11. The summed E-state index contributed by atoms with van der Waals surface area (Å²) in [6.07, 6.45) is 2.22. The van der Waals surface area contributed by atoms with Gasteiger partial charge in [0, 0.05) is 56.7 Å². The number of carbonyl (C=O) groups excluding carboxylic acids is 1. The first kappa shape index (κ1) is 24.6. The number of nitro groups is 1. The van der Waals surface area contributed by atoms with Crippen LogP contribution in [0.4, 0.5) is 5.69 Å². The van der Waals surface area contributed by atoms with Crippen molar-refractivity contribution in [3.05, 3.63) is 75.8 Å². The molecular weight excluding hydrogens is 472 g/mol. The van der Waals surface area contributed by atoms with Gasteiger partial charge in [0.05, 0.1) is 16.0 Å². The van der Waals surface area contributed by atoms with Crippen molar-refractivity contribution in [2.45, 2.75) is 31.6 Å². The molecule has 1 fully saturated rings. The minimum atomic E-state index is -3.79. The molecule has 11 heteroatoms. The fourth-order valence-corrected chi connectivity index (χ4v) is 5.31. The summed E-state index contributed by atoms with van der Waals surface area (Å²) in [5.74, 6) is 1.04. The molecule has 2 aromatic carbocycles. The van der Waals surface area contributed by atoms with Crippen LogP contribution in [0.25, 0.3) is 11.3 Å². The predicted molar refractivity (Wildman–Crippen MR) is 128 cm³/mol. The molecule has 0 N–H and O–H groups in total. The molecule has 1 aliphatic heterocycles. The molecule has 1 aromatic heterocycles. The summed E-state index contributed by atoms with van der Waals surface area (Å²) in [6.45, 7) is 4.92. The Labute approximate surface area is 203 Å². The first-order valence-corrected chi connectivity index (χ1v) is 12.6. The van der Waals surface area contributed by atoms with Gasteiger partial charge in [-0.3, -0.25) is 14.9 Å². The molecule has 2 heterocycles. The fraction of sp³-hybridized carbons (Fsp3) is 0.333. The number of oxazole rings is 1. The number of aromatic nitrogens is 1. The Morgan fingerprint density at radius 2 is 1.74 bits per heavy atom. The highest BCUT2D eigenvalue weighted by Crippen LogP contribution is 2.24. The summed E-state index contributed by atoms with van der Waals surface area (Å²) in [4.78, 5) is 28.8.